The lowest BCUT2D eigenvalue weighted by Crippen LogP contribution is -2.57. The minimum Gasteiger partial charge on any atom is -0.324 e. The van der Waals surface area contributed by atoms with Crippen molar-refractivity contribution < 1.29 is 14.4 Å². The van der Waals surface area contributed by atoms with Crippen LogP contribution >= 0.6 is 39.1 Å². The minimum atomic E-state index is -1.27. The summed E-state index contributed by atoms with van der Waals surface area (Å²) in [6, 6.07) is 17.7. The Balaban J connectivity index is 1.43. The predicted octanol–water partition coefficient (Wildman–Crippen LogP) is 5.99. The van der Waals surface area contributed by atoms with Gasteiger partial charge in [0, 0.05) is 10.2 Å². The van der Waals surface area contributed by atoms with Gasteiger partial charge in [-0.25, -0.2) is 0 Å². The molecule has 1 fully saturated rings. The molecule has 1 heterocycles. The summed E-state index contributed by atoms with van der Waals surface area (Å²) in [5.41, 5.74) is 5.35. The van der Waals surface area contributed by atoms with E-state index in [1.807, 2.05) is 74.5 Å². The fraction of sp³-hybridized carbons (Fsp3) is 0.276. The molecule has 3 aromatic rings. The lowest BCUT2D eigenvalue weighted by atomic mass is 9.54. The quantitative estimate of drug-likeness (QED) is 0.298. The SMILES string of the molecule is Cc1cc(NC(=O)[C@H](C)N2C(=O)[C@@H]3[C@H](C2=O)C2(Cl)c4ccccc4C3(Cl)c3ccccc32)c(C)cc1Br. The molecule has 0 radical (unpaired) electrons. The average molecular weight is 598 g/mol. The van der Waals surface area contributed by atoms with Crippen molar-refractivity contribution in [2.24, 2.45) is 11.8 Å². The van der Waals surface area contributed by atoms with Gasteiger partial charge < -0.3 is 5.32 Å². The zero-order valence-corrected chi connectivity index (χ0v) is 23.4. The van der Waals surface area contributed by atoms with Crippen molar-refractivity contribution in [2.45, 2.75) is 36.6 Å². The normalized spacial score (nSPS) is 28.0. The Kier molecular flexibility index (Phi) is 5.44. The number of hydrogen-bond donors (Lipinski definition) is 1. The molecule has 1 aliphatic heterocycles. The third-order valence-corrected chi connectivity index (χ3v) is 10.3. The monoisotopic (exact) mass is 596 g/mol. The Bertz CT molecular complexity index is 1420. The molecule has 8 heteroatoms. The second-order valence-electron chi connectivity index (χ2n) is 10.1. The third-order valence-electron chi connectivity index (χ3n) is 8.15. The van der Waals surface area contributed by atoms with Gasteiger partial charge in [-0.05, 0) is 66.3 Å². The molecule has 1 N–H and O–H groups in total. The first-order valence-corrected chi connectivity index (χ1v) is 13.6. The molecular weight excluding hydrogens is 575 g/mol. The van der Waals surface area contributed by atoms with Crippen molar-refractivity contribution in [2.75, 3.05) is 5.32 Å². The van der Waals surface area contributed by atoms with Gasteiger partial charge in [-0.15, -0.1) is 23.2 Å². The van der Waals surface area contributed by atoms with Gasteiger partial charge in [-0.1, -0.05) is 64.5 Å². The van der Waals surface area contributed by atoms with Crippen LogP contribution in [0.1, 0.15) is 40.3 Å². The summed E-state index contributed by atoms with van der Waals surface area (Å²) < 4.78 is 0.930. The zero-order chi connectivity index (χ0) is 26.4. The number of carbonyl (C=O) groups excluding carboxylic acids is 3. The van der Waals surface area contributed by atoms with E-state index in [-0.39, 0.29) is 0 Å². The lowest BCUT2D eigenvalue weighted by Gasteiger charge is -2.54. The van der Waals surface area contributed by atoms with E-state index in [4.69, 9.17) is 23.2 Å². The maximum absolute atomic E-state index is 14.0. The standard InChI is InChI=1S/C29H23BrCl2N2O3/c1-14-13-22(15(2)12-21(14)30)33-25(35)16(3)34-26(36)23-24(27(34)37)29(32)18-9-5-4-8-17(18)28(23,31)19-10-6-7-11-20(19)29/h4-13,16,23-24H,1-3H3,(H,33,35)/t16-,23-,24+,28?,29?/m0/s1. The highest BCUT2D eigenvalue weighted by molar-refractivity contribution is 9.10. The number of rotatable bonds is 3. The number of amides is 3. The fourth-order valence-electron chi connectivity index (χ4n) is 6.34. The molecule has 2 bridgehead atoms. The predicted molar refractivity (Wildman–Crippen MR) is 147 cm³/mol. The lowest BCUT2D eigenvalue weighted by molar-refractivity contribution is -0.146. The molecule has 0 aromatic heterocycles. The maximum atomic E-state index is 14.0. The second-order valence-corrected chi connectivity index (χ2v) is 12.1. The highest BCUT2D eigenvalue weighted by atomic mass is 79.9. The smallest absolute Gasteiger partial charge is 0.247 e. The van der Waals surface area contributed by atoms with E-state index < -0.39 is 45.3 Å². The molecule has 4 aliphatic rings. The van der Waals surface area contributed by atoms with Crippen LogP contribution in [0.2, 0.25) is 0 Å². The van der Waals surface area contributed by atoms with Gasteiger partial charge >= 0.3 is 0 Å². The number of nitrogens with one attached hydrogen (secondary N) is 1. The summed E-state index contributed by atoms with van der Waals surface area (Å²) in [6.07, 6.45) is 0. The van der Waals surface area contributed by atoms with Gasteiger partial charge in [0.25, 0.3) is 0 Å². The Morgan fingerprint density at radius 3 is 1.73 bits per heavy atom. The second kappa shape index (κ2) is 8.16. The molecule has 3 aliphatic carbocycles. The molecule has 37 heavy (non-hydrogen) atoms. The first kappa shape index (κ1) is 24.7. The van der Waals surface area contributed by atoms with Crippen molar-refractivity contribution in [3.05, 3.63) is 98.5 Å². The largest absolute Gasteiger partial charge is 0.324 e. The van der Waals surface area contributed by atoms with Crippen LogP contribution in [0, 0.1) is 25.7 Å². The van der Waals surface area contributed by atoms with Crippen molar-refractivity contribution in [1.82, 2.24) is 4.90 Å². The number of alkyl halides is 2. The van der Waals surface area contributed by atoms with E-state index in [1.54, 1.807) is 6.92 Å². The number of nitrogens with zero attached hydrogens (tertiary/aromatic N) is 1. The van der Waals surface area contributed by atoms with Crippen molar-refractivity contribution in [1.29, 1.82) is 0 Å². The summed E-state index contributed by atoms with van der Waals surface area (Å²) in [5, 5.41) is 2.90. The van der Waals surface area contributed by atoms with Gasteiger partial charge in [-0.3, -0.25) is 19.3 Å². The summed E-state index contributed by atoms with van der Waals surface area (Å²) >= 11 is 18.4. The van der Waals surface area contributed by atoms with Gasteiger partial charge in [0.2, 0.25) is 17.7 Å². The van der Waals surface area contributed by atoms with Crippen LogP contribution in [0.5, 0.6) is 0 Å². The van der Waals surface area contributed by atoms with Crippen LogP contribution < -0.4 is 5.32 Å². The van der Waals surface area contributed by atoms with Crippen molar-refractivity contribution in [3.8, 4) is 0 Å². The molecule has 5 nitrogen and oxygen atoms in total. The molecule has 188 valence electrons. The number of aryl methyl sites for hydroxylation is 2. The Morgan fingerprint density at radius 2 is 1.30 bits per heavy atom. The number of anilines is 1. The summed E-state index contributed by atoms with van der Waals surface area (Å²) in [5.74, 6) is -3.29. The van der Waals surface area contributed by atoms with E-state index in [2.05, 4.69) is 21.2 Å². The molecule has 3 aromatic carbocycles. The Hall–Kier alpha value is -2.67. The highest BCUT2D eigenvalue weighted by Gasteiger charge is 2.73. The van der Waals surface area contributed by atoms with E-state index in [9.17, 15) is 14.4 Å². The molecule has 0 spiro atoms. The average Bonchev–Trinajstić information content (AvgIpc) is 3.16. The van der Waals surface area contributed by atoms with E-state index in [0.717, 1.165) is 42.8 Å². The van der Waals surface area contributed by atoms with Gasteiger partial charge in [0.1, 0.15) is 15.8 Å². The van der Waals surface area contributed by atoms with Crippen LogP contribution in [0.4, 0.5) is 5.69 Å². The van der Waals surface area contributed by atoms with Crippen LogP contribution in [0.15, 0.2) is 65.1 Å². The van der Waals surface area contributed by atoms with Crippen LogP contribution in [-0.2, 0) is 24.1 Å². The summed E-state index contributed by atoms with van der Waals surface area (Å²) in [7, 11) is 0. The third kappa shape index (κ3) is 3.06. The fourth-order valence-corrected chi connectivity index (χ4v) is 7.90. The number of carbonyl (C=O) groups is 3. The van der Waals surface area contributed by atoms with Gasteiger partial charge in [-0.2, -0.15) is 0 Å². The number of benzene rings is 3. The zero-order valence-electron chi connectivity index (χ0n) is 20.3. The summed E-state index contributed by atoms with van der Waals surface area (Å²) in [6.45, 7) is 5.37. The number of halogens is 3. The van der Waals surface area contributed by atoms with Gasteiger partial charge in [0.15, 0.2) is 0 Å². The molecule has 3 atom stereocenters. The maximum Gasteiger partial charge on any atom is 0.247 e. The number of likely N-dealkylation sites (tertiary alicyclic amines) is 1. The van der Waals surface area contributed by atoms with Crippen LogP contribution in [0.3, 0.4) is 0 Å². The van der Waals surface area contributed by atoms with Crippen molar-refractivity contribution in [3.63, 3.8) is 0 Å². The first-order chi connectivity index (χ1) is 17.5. The molecule has 0 unspecified atom stereocenters. The molecule has 1 saturated heterocycles. The number of imide groups is 1. The topological polar surface area (TPSA) is 66.5 Å². The van der Waals surface area contributed by atoms with Crippen LogP contribution in [0.25, 0.3) is 0 Å². The van der Waals surface area contributed by atoms with Crippen molar-refractivity contribution >= 4 is 62.5 Å². The van der Waals surface area contributed by atoms with E-state index >= 15 is 0 Å². The molecule has 7 rings (SSSR count). The highest BCUT2D eigenvalue weighted by Crippen LogP contribution is 2.69. The number of hydrogen-bond acceptors (Lipinski definition) is 3. The van der Waals surface area contributed by atoms with E-state index in [1.165, 1.54) is 0 Å². The molecular formula is C29H23BrCl2N2O3. The Morgan fingerprint density at radius 1 is 0.865 bits per heavy atom. The van der Waals surface area contributed by atoms with E-state index in [0.29, 0.717) is 5.69 Å². The Labute approximate surface area is 233 Å². The minimum absolute atomic E-state index is 0.459. The first-order valence-electron chi connectivity index (χ1n) is 12.0. The summed E-state index contributed by atoms with van der Waals surface area (Å²) in [4.78, 5) is 40.0. The molecule has 0 saturated carbocycles. The van der Waals surface area contributed by atoms with Crippen LogP contribution in [-0.4, -0.2) is 28.7 Å². The molecule has 3 amide bonds. The van der Waals surface area contributed by atoms with Gasteiger partial charge in [0.05, 0.1) is 11.8 Å².